The molecule has 4 aromatic rings. The van der Waals surface area contributed by atoms with Crippen molar-refractivity contribution in [2.75, 3.05) is 27.4 Å². The second kappa shape index (κ2) is 10.4. The fourth-order valence-electron chi connectivity index (χ4n) is 3.71. The summed E-state index contributed by atoms with van der Waals surface area (Å²) in [6.45, 7) is 3.90. The van der Waals surface area contributed by atoms with Crippen LogP contribution in [-0.2, 0) is 11.2 Å². The lowest BCUT2D eigenvalue weighted by molar-refractivity contribution is -0.123. The summed E-state index contributed by atoms with van der Waals surface area (Å²) in [6, 6.07) is 12.5. The molecule has 182 valence electrons. The van der Waals surface area contributed by atoms with Crippen LogP contribution in [-0.4, -0.2) is 33.3 Å². The Hall–Kier alpha value is -4.20. The Morgan fingerprint density at radius 1 is 1.00 bits per heavy atom. The molecule has 1 N–H and O–H groups in total. The number of aryl methyl sites for hydroxylation is 2. The van der Waals surface area contributed by atoms with Crippen LogP contribution in [0.1, 0.15) is 16.7 Å². The third kappa shape index (κ3) is 5.16. The highest BCUT2D eigenvalue weighted by atomic mass is 16.5. The first-order valence-electron chi connectivity index (χ1n) is 11.1. The Morgan fingerprint density at radius 3 is 2.49 bits per heavy atom. The zero-order chi connectivity index (χ0) is 24.9. The van der Waals surface area contributed by atoms with E-state index in [0.717, 1.165) is 16.7 Å². The molecule has 0 aliphatic heterocycles. The van der Waals surface area contributed by atoms with Crippen molar-refractivity contribution in [3.05, 3.63) is 75.6 Å². The Morgan fingerprint density at radius 2 is 1.77 bits per heavy atom. The summed E-state index contributed by atoms with van der Waals surface area (Å²) in [6.07, 6.45) is 2.06. The largest absolute Gasteiger partial charge is 0.493 e. The topological polar surface area (TPSA) is 100 Å². The Bertz CT molecular complexity index is 1400. The van der Waals surface area contributed by atoms with Gasteiger partial charge in [0.1, 0.15) is 5.58 Å². The van der Waals surface area contributed by atoms with Crippen LogP contribution in [0.15, 0.2) is 62.4 Å². The molecule has 35 heavy (non-hydrogen) atoms. The molecule has 0 fully saturated rings. The molecule has 8 nitrogen and oxygen atoms in total. The maximum Gasteiger partial charge on any atom is 0.257 e. The average molecular weight is 478 g/mol. The van der Waals surface area contributed by atoms with E-state index in [4.69, 9.17) is 23.0 Å². The van der Waals surface area contributed by atoms with Gasteiger partial charge in [-0.2, -0.15) is 0 Å². The second-order valence-electron chi connectivity index (χ2n) is 8.08. The third-order valence-electron chi connectivity index (χ3n) is 5.74. The minimum absolute atomic E-state index is 0.0641. The minimum atomic E-state index is -0.365. The summed E-state index contributed by atoms with van der Waals surface area (Å²) in [5.41, 5.74) is 2.99. The van der Waals surface area contributed by atoms with Gasteiger partial charge in [0.2, 0.25) is 16.9 Å². The number of hydrogen-bond donors (Lipinski definition) is 1. The van der Waals surface area contributed by atoms with E-state index in [9.17, 15) is 9.59 Å². The summed E-state index contributed by atoms with van der Waals surface area (Å²) in [5, 5.41) is 3.18. The number of carbonyl (C=O) groups is 1. The molecule has 0 unspecified atom stereocenters. The first kappa shape index (κ1) is 23.9. The van der Waals surface area contributed by atoms with Crippen LogP contribution in [0.25, 0.3) is 22.5 Å². The first-order valence-corrected chi connectivity index (χ1v) is 11.1. The number of amides is 1. The Kier molecular flexibility index (Phi) is 7.10. The predicted molar refractivity (Wildman–Crippen MR) is 131 cm³/mol. The molecule has 0 saturated carbocycles. The lowest BCUT2D eigenvalue weighted by Gasteiger charge is -2.12. The van der Waals surface area contributed by atoms with Gasteiger partial charge in [-0.3, -0.25) is 9.59 Å². The van der Waals surface area contributed by atoms with Crippen molar-refractivity contribution in [1.82, 2.24) is 5.32 Å². The average Bonchev–Trinajstić information content (AvgIpc) is 3.39. The number of carbonyl (C=O) groups excluding carboxylic acids is 1. The van der Waals surface area contributed by atoms with Crippen molar-refractivity contribution in [2.45, 2.75) is 20.3 Å². The Balaban J connectivity index is 1.48. The first-order chi connectivity index (χ1) is 16.9. The van der Waals surface area contributed by atoms with E-state index in [0.29, 0.717) is 41.2 Å². The molecule has 8 heteroatoms. The highest BCUT2D eigenvalue weighted by molar-refractivity contribution is 5.83. The van der Waals surface area contributed by atoms with Crippen LogP contribution >= 0.6 is 0 Å². The number of benzene rings is 2. The van der Waals surface area contributed by atoms with E-state index >= 15 is 0 Å². The lowest BCUT2D eigenvalue weighted by atomic mass is 10.1. The molecular formula is C27H27NO7. The summed E-state index contributed by atoms with van der Waals surface area (Å²) < 4.78 is 27.7. The molecule has 0 aliphatic carbocycles. The maximum atomic E-state index is 13.3. The van der Waals surface area contributed by atoms with Crippen molar-refractivity contribution in [1.29, 1.82) is 0 Å². The van der Waals surface area contributed by atoms with Crippen LogP contribution in [0.3, 0.4) is 0 Å². The molecule has 0 spiro atoms. The van der Waals surface area contributed by atoms with Crippen LogP contribution in [0.4, 0.5) is 0 Å². The van der Waals surface area contributed by atoms with Gasteiger partial charge in [-0.1, -0.05) is 6.07 Å². The molecule has 2 aromatic carbocycles. The number of fused-ring (bicyclic) bond motifs is 1. The van der Waals surface area contributed by atoms with Crippen molar-refractivity contribution in [3.63, 3.8) is 0 Å². The van der Waals surface area contributed by atoms with E-state index < -0.39 is 0 Å². The van der Waals surface area contributed by atoms with Gasteiger partial charge in [0.15, 0.2) is 23.9 Å². The number of hydrogen-bond acceptors (Lipinski definition) is 7. The van der Waals surface area contributed by atoms with E-state index in [1.165, 1.54) is 6.26 Å². The van der Waals surface area contributed by atoms with Crippen molar-refractivity contribution >= 4 is 16.9 Å². The van der Waals surface area contributed by atoms with Gasteiger partial charge >= 0.3 is 0 Å². The summed E-state index contributed by atoms with van der Waals surface area (Å²) >= 11 is 0. The highest BCUT2D eigenvalue weighted by Gasteiger charge is 2.21. The summed E-state index contributed by atoms with van der Waals surface area (Å²) in [7, 11) is 3.15. The molecule has 2 aromatic heterocycles. The molecule has 0 radical (unpaired) electrons. The van der Waals surface area contributed by atoms with Gasteiger partial charge in [0.25, 0.3) is 5.91 Å². The van der Waals surface area contributed by atoms with Crippen LogP contribution in [0.2, 0.25) is 0 Å². The number of nitrogens with one attached hydrogen (secondary N) is 1. The fourth-order valence-corrected chi connectivity index (χ4v) is 3.71. The van der Waals surface area contributed by atoms with Gasteiger partial charge in [0.05, 0.1) is 25.9 Å². The van der Waals surface area contributed by atoms with E-state index in [1.807, 2.05) is 38.1 Å². The zero-order valence-corrected chi connectivity index (χ0v) is 20.1. The zero-order valence-electron chi connectivity index (χ0n) is 20.1. The predicted octanol–water partition coefficient (Wildman–Crippen LogP) is 4.42. The molecule has 0 bridgehead atoms. The molecule has 2 heterocycles. The molecule has 0 atom stereocenters. The van der Waals surface area contributed by atoms with Gasteiger partial charge in [-0.25, -0.2) is 0 Å². The molecule has 0 aliphatic rings. The number of ether oxygens (including phenoxy) is 3. The number of rotatable bonds is 9. The molecule has 0 saturated heterocycles. The summed E-state index contributed by atoms with van der Waals surface area (Å²) in [5.74, 6) is 1.32. The van der Waals surface area contributed by atoms with E-state index in [2.05, 4.69) is 5.32 Å². The molecule has 1 amide bonds. The maximum absolute atomic E-state index is 13.3. The van der Waals surface area contributed by atoms with Crippen LogP contribution < -0.4 is 25.0 Å². The van der Waals surface area contributed by atoms with Gasteiger partial charge in [-0.05, 0) is 73.4 Å². The fraction of sp³-hybridized carbons (Fsp3) is 0.259. The monoisotopic (exact) mass is 477 g/mol. The van der Waals surface area contributed by atoms with Gasteiger partial charge < -0.3 is 28.4 Å². The van der Waals surface area contributed by atoms with Gasteiger partial charge in [0, 0.05) is 6.54 Å². The molecular weight excluding hydrogens is 450 g/mol. The third-order valence-corrected chi connectivity index (χ3v) is 5.74. The van der Waals surface area contributed by atoms with E-state index in [1.54, 1.807) is 32.4 Å². The quantitative estimate of drug-likeness (QED) is 0.381. The number of furan rings is 1. The number of methoxy groups -OCH3 is 2. The van der Waals surface area contributed by atoms with E-state index in [-0.39, 0.29) is 29.5 Å². The Labute approximate surface area is 202 Å². The second-order valence-corrected chi connectivity index (χ2v) is 8.08. The SMILES string of the molecule is COc1ccc(CCNC(=O)COc2c(-c3ccco3)oc3cc(C)c(C)cc3c2=O)cc1OC. The highest BCUT2D eigenvalue weighted by Crippen LogP contribution is 2.32. The van der Waals surface area contributed by atoms with Crippen molar-refractivity contribution < 1.29 is 27.8 Å². The van der Waals surface area contributed by atoms with Gasteiger partial charge in [-0.15, -0.1) is 0 Å². The minimum Gasteiger partial charge on any atom is -0.493 e. The smallest absolute Gasteiger partial charge is 0.257 e. The molecule has 4 rings (SSSR count). The van der Waals surface area contributed by atoms with Crippen LogP contribution in [0.5, 0.6) is 17.2 Å². The normalized spacial score (nSPS) is 10.9. The van der Waals surface area contributed by atoms with Crippen LogP contribution in [0, 0.1) is 13.8 Å². The summed E-state index contributed by atoms with van der Waals surface area (Å²) in [4.78, 5) is 25.7. The lowest BCUT2D eigenvalue weighted by Crippen LogP contribution is -2.31. The van der Waals surface area contributed by atoms with Crippen molar-refractivity contribution in [3.8, 4) is 28.8 Å². The standard InChI is InChI=1S/C27H27NO7/c1-16-12-19-22(13-17(16)2)35-26(21-6-5-11-33-21)27(25(19)30)34-15-24(29)28-10-9-18-7-8-20(31-3)23(14-18)32-4/h5-8,11-14H,9-10,15H2,1-4H3,(H,28,29). The van der Waals surface area contributed by atoms with Crippen molar-refractivity contribution in [2.24, 2.45) is 0 Å².